The maximum Gasteiger partial charge on any atom is 0.244 e. The zero-order chi connectivity index (χ0) is 15.9. The number of hydrogen-bond acceptors (Lipinski definition) is 5. The number of nitrogens with one attached hydrogen (secondary N) is 1. The number of furan rings is 1. The van der Waals surface area contributed by atoms with Crippen LogP contribution in [0.2, 0.25) is 0 Å². The van der Waals surface area contributed by atoms with Crippen LogP contribution < -0.4 is 10.2 Å². The molecule has 0 unspecified atom stereocenters. The quantitative estimate of drug-likeness (QED) is 0.856. The van der Waals surface area contributed by atoms with E-state index in [0.717, 1.165) is 31.9 Å². The van der Waals surface area contributed by atoms with Crippen LogP contribution in [0.1, 0.15) is 18.6 Å². The Balaban J connectivity index is 1.40. The van der Waals surface area contributed by atoms with Crippen LogP contribution in [0.25, 0.3) is 6.08 Å². The number of nitrogens with zero attached hydrogens (tertiary/aromatic N) is 3. The molecule has 0 spiro atoms. The van der Waals surface area contributed by atoms with Gasteiger partial charge in [0.1, 0.15) is 5.76 Å². The summed E-state index contributed by atoms with van der Waals surface area (Å²) in [6.45, 7) is 2.55. The molecule has 1 saturated heterocycles. The summed E-state index contributed by atoms with van der Waals surface area (Å²) in [4.78, 5) is 22.5. The minimum absolute atomic E-state index is 0.0878. The van der Waals surface area contributed by atoms with E-state index in [2.05, 4.69) is 20.2 Å². The predicted octanol–water partition coefficient (Wildman–Crippen LogP) is 2.12. The molecule has 1 aliphatic heterocycles. The molecule has 2 aromatic heterocycles. The van der Waals surface area contributed by atoms with Crippen LogP contribution in [0.4, 0.5) is 5.95 Å². The van der Waals surface area contributed by atoms with Gasteiger partial charge in [-0.15, -0.1) is 0 Å². The Morgan fingerprint density at radius 1 is 1.30 bits per heavy atom. The summed E-state index contributed by atoms with van der Waals surface area (Å²) in [6.07, 6.45) is 10.3. The number of carbonyl (C=O) groups is 1. The summed E-state index contributed by atoms with van der Waals surface area (Å²) in [7, 11) is 0. The van der Waals surface area contributed by atoms with Gasteiger partial charge in [0.15, 0.2) is 0 Å². The van der Waals surface area contributed by atoms with Gasteiger partial charge in [-0.3, -0.25) is 4.79 Å². The highest BCUT2D eigenvalue weighted by Gasteiger charge is 2.20. The lowest BCUT2D eigenvalue weighted by molar-refractivity contribution is -0.116. The largest absolute Gasteiger partial charge is 0.465 e. The summed E-state index contributed by atoms with van der Waals surface area (Å²) in [5.41, 5.74) is 0. The fourth-order valence-electron chi connectivity index (χ4n) is 2.64. The molecular formula is C17H20N4O2. The van der Waals surface area contributed by atoms with Gasteiger partial charge in [0.05, 0.1) is 6.26 Å². The van der Waals surface area contributed by atoms with Crippen LogP contribution in [0, 0.1) is 5.92 Å². The van der Waals surface area contributed by atoms with Gasteiger partial charge in [-0.1, -0.05) is 0 Å². The Kier molecular flexibility index (Phi) is 5.03. The van der Waals surface area contributed by atoms with Crippen molar-refractivity contribution in [3.8, 4) is 0 Å². The first kappa shape index (κ1) is 15.3. The second-order valence-corrected chi connectivity index (χ2v) is 5.57. The average molecular weight is 312 g/mol. The van der Waals surface area contributed by atoms with E-state index in [1.807, 2.05) is 12.1 Å². The van der Waals surface area contributed by atoms with Crippen LogP contribution in [0.5, 0.6) is 0 Å². The molecule has 0 radical (unpaired) electrons. The zero-order valence-electron chi connectivity index (χ0n) is 12.9. The highest BCUT2D eigenvalue weighted by molar-refractivity contribution is 5.91. The molecule has 0 aromatic carbocycles. The number of aromatic nitrogens is 2. The first-order valence-electron chi connectivity index (χ1n) is 7.82. The lowest BCUT2D eigenvalue weighted by atomic mass is 9.97. The van der Waals surface area contributed by atoms with Gasteiger partial charge in [-0.2, -0.15) is 0 Å². The number of piperidine rings is 1. The van der Waals surface area contributed by atoms with Crippen LogP contribution >= 0.6 is 0 Å². The molecule has 0 bridgehead atoms. The number of hydrogen-bond donors (Lipinski definition) is 1. The SMILES string of the molecule is O=C(/C=C/c1ccco1)NCC1CCN(c2ncccn2)CC1. The highest BCUT2D eigenvalue weighted by atomic mass is 16.3. The topological polar surface area (TPSA) is 71.3 Å². The van der Waals surface area contributed by atoms with E-state index in [4.69, 9.17) is 4.42 Å². The molecule has 0 saturated carbocycles. The Bertz CT molecular complexity index is 632. The number of rotatable bonds is 5. The molecule has 120 valence electrons. The summed E-state index contributed by atoms with van der Waals surface area (Å²) in [6, 6.07) is 5.43. The van der Waals surface area contributed by atoms with Crippen molar-refractivity contribution in [2.45, 2.75) is 12.8 Å². The van der Waals surface area contributed by atoms with E-state index in [9.17, 15) is 4.79 Å². The van der Waals surface area contributed by atoms with Gasteiger partial charge in [0, 0.05) is 38.1 Å². The minimum Gasteiger partial charge on any atom is -0.465 e. The van der Waals surface area contributed by atoms with Crippen molar-refractivity contribution < 1.29 is 9.21 Å². The van der Waals surface area contributed by atoms with Crippen molar-refractivity contribution in [1.29, 1.82) is 0 Å². The maximum absolute atomic E-state index is 11.8. The second-order valence-electron chi connectivity index (χ2n) is 5.57. The predicted molar refractivity (Wildman–Crippen MR) is 87.7 cm³/mol. The average Bonchev–Trinajstić information content (AvgIpc) is 3.13. The van der Waals surface area contributed by atoms with E-state index in [1.54, 1.807) is 30.8 Å². The molecule has 6 nitrogen and oxygen atoms in total. The fourth-order valence-corrected chi connectivity index (χ4v) is 2.64. The summed E-state index contributed by atoms with van der Waals surface area (Å²) in [5.74, 6) is 1.87. The summed E-state index contributed by atoms with van der Waals surface area (Å²) in [5, 5.41) is 2.95. The van der Waals surface area contributed by atoms with Crippen molar-refractivity contribution in [1.82, 2.24) is 15.3 Å². The standard InChI is InChI=1S/C17H20N4O2/c22-16(5-4-15-3-1-12-23-15)20-13-14-6-10-21(11-7-14)17-18-8-2-9-19-17/h1-5,8-9,12,14H,6-7,10-11,13H2,(H,20,22)/b5-4+. The number of amides is 1. The molecule has 2 aromatic rings. The molecule has 1 N–H and O–H groups in total. The summed E-state index contributed by atoms with van der Waals surface area (Å²) < 4.78 is 5.15. The fraction of sp³-hybridized carbons (Fsp3) is 0.353. The third-order valence-electron chi connectivity index (χ3n) is 3.96. The lowest BCUT2D eigenvalue weighted by Gasteiger charge is -2.31. The minimum atomic E-state index is -0.0878. The van der Waals surface area contributed by atoms with Gasteiger partial charge in [-0.05, 0) is 43.0 Å². The van der Waals surface area contributed by atoms with E-state index >= 15 is 0 Å². The molecule has 0 atom stereocenters. The highest BCUT2D eigenvalue weighted by Crippen LogP contribution is 2.19. The van der Waals surface area contributed by atoms with Gasteiger partial charge in [0.2, 0.25) is 11.9 Å². The van der Waals surface area contributed by atoms with E-state index in [1.165, 1.54) is 6.08 Å². The first-order valence-corrected chi connectivity index (χ1v) is 7.82. The van der Waals surface area contributed by atoms with Crippen molar-refractivity contribution in [3.05, 3.63) is 48.7 Å². The van der Waals surface area contributed by atoms with Crippen LogP contribution in [0.15, 0.2) is 47.3 Å². The third kappa shape index (κ3) is 4.42. The molecule has 1 aliphatic rings. The van der Waals surface area contributed by atoms with Gasteiger partial charge < -0.3 is 14.6 Å². The van der Waals surface area contributed by atoms with E-state index in [0.29, 0.717) is 18.2 Å². The Morgan fingerprint density at radius 2 is 2.09 bits per heavy atom. The first-order chi connectivity index (χ1) is 11.3. The van der Waals surface area contributed by atoms with Crippen LogP contribution in [-0.2, 0) is 4.79 Å². The molecule has 0 aliphatic carbocycles. The molecule has 3 rings (SSSR count). The second kappa shape index (κ2) is 7.58. The third-order valence-corrected chi connectivity index (χ3v) is 3.96. The Morgan fingerprint density at radius 3 is 2.78 bits per heavy atom. The van der Waals surface area contributed by atoms with Crippen LogP contribution in [0.3, 0.4) is 0 Å². The maximum atomic E-state index is 11.8. The van der Waals surface area contributed by atoms with Crippen LogP contribution in [-0.4, -0.2) is 35.5 Å². The van der Waals surface area contributed by atoms with E-state index < -0.39 is 0 Å². The molecular weight excluding hydrogens is 292 g/mol. The number of anilines is 1. The van der Waals surface area contributed by atoms with Gasteiger partial charge in [-0.25, -0.2) is 9.97 Å². The summed E-state index contributed by atoms with van der Waals surface area (Å²) >= 11 is 0. The number of carbonyl (C=O) groups excluding carboxylic acids is 1. The van der Waals surface area contributed by atoms with Crippen molar-refractivity contribution in [2.24, 2.45) is 5.92 Å². The molecule has 3 heterocycles. The zero-order valence-corrected chi connectivity index (χ0v) is 12.9. The molecule has 6 heteroatoms. The molecule has 23 heavy (non-hydrogen) atoms. The van der Waals surface area contributed by atoms with Crippen molar-refractivity contribution in [2.75, 3.05) is 24.5 Å². The van der Waals surface area contributed by atoms with E-state index in [-0.39, 0.29) is 5.91 Å². The molecule has 1 amide bonds. The Hall–Kier alpha value is -2.63. The lowest BCUT2D eigenvalue weighted by Crippen LogP contribution is -2.39. The van der Waals surface area contributed by atoms with Crippen molar-refractivity contribution >= 4 is 17.9 Å². The normalized spacial score (nSPS) is 15.9. The monoisotopic (exact) mass is 312 g/mol. The Labute approximate surface area is 135 Å². The van der Waals surface area contributed by atoms with Gasteiger partial charge >= 0.3 is 0 Å². The van der Waals surface area contributed by atoms with Gasteiger partial charge in [0.25, 0.3) is 0 Å². The smallest absolute Gasteiger partial charge is 0.244 e. The van der Waals surface area contributed by atoms with Crippen molar-refractivity contribution in [3.63, 3.8) is 0 Å². The molecule has 1 fully saturated rings.